The van der Waals surface area contributed by atoms with Crippen LogP contribution in [0.25, 0.3) is 0 Å². The molecule has 0 aliphatic carbocycles. The van der Waals surface area contributed by atoms with E-state index in [1.54, 1.807) is 36.4 Å². The molecule has 2 aromatic carbocycles. The molecule has 0 aliphatic rings. The number of halogens is 1. The molecule has 142 valence electrons. The van der Waals surface area contributed by atoms with Crippen LogP contribution >= 0.6 is 11.6 Å². The summed E-state index contributed by atoms with van der Waals surface area (Å²) in [5, 5.41) is 2.94. The zero-order chi connectivity index (χ0) is 19.6. The molecule has 7 nitrogen and oxygen atoms in total. The molecule has 0 saturated heterocycles. The number of benzene rings is 2. The zero-order valence-electron chi connectivity index (χ0n) is 14.4. The molecule has 0 aliphatic heterocycles. The molecule has 0 spiro atoms. The summed E-state index contributed by atoms with van der Waals surface area (Å²) < 4.78 is 9.94. The van der Waals surface area contributed by atoms with Gasteiger partial charge in [-0.1, -0.05) is 54.1 Å². The Morgan fingerprint density at radius 3 is 2.37 bits per heavy atom. The van der Waals surface area contributed by atoms with E-state index < -0.39 is 30.6 Å². The number of nitrogens with two attached hydrogens (primary N) is 1. The largest absolute Gasteiger partial charge is 0.454 e. The number of rotatable bonds is 8. The quantitative estimate of drug-likeness (QED) is 0.672. The third-order valence-electron chi connectivity index (χ3n) is 3.47. The Hall–Kier alpha value is -3.06. The van der Waals surface area contributed by atoms with Crippen LogP contribution in [0.4, 0.5) is 4.79 Å². The lowest BCUT2D eigenvalue weighted by molar-refractivity contribution is -0.149. The normalized spacial score (nSPS) is 11.3. The summed E-state index contributed by atoms with van der Waals surface area (Å²) in [5.41, 5.74) is 6.48. The monoisotopic (exact) mass is 390 g/mol. The average Bonchev–Trinajstić information content (AvgIpc) is 2.65. The van der Waals surface area contributed by atoms with Crippen LogP contribution in [0.2, 0.25) is 5.02 Å². The highest BCUT2D eigenvalue weighted by atomic mass is 35.5. The number of alkyl carbamates (subject to hydrolysis) is 1. The summed E-state index contributed by atoms with van der Waals surface area (Å²) in [4.78, 5) is 35.1. The van der Waals surface area contributed by atoms with Gasteiger partial charge in [-0.2, -0.15) is 0 Å². The van der Waals surface area contributed by atoms with Gasteiger partial charge in [0.05, 0.1) is 0 Å². The first-order chi connectivity index (χ1) is 12.9. The van der Waals surface area contributed by atoms with Crippen LogP contribution in [-0.4, -0.2) is 30.6 Å². The van der Waals surface area contributed by atoms with Gasteiger partial charge >= 0.3 is 12.1 Å². The van der Waals surface area contributed by atoms with Gasteiger partial charge in [-0.3, -0.25) is 4.79 Å². The van der Waals surface area contributed by atoms with Crippen LogP contribution in [0.15, 0.2) is 54.6 Å². The Morgan fingerprint density at radius 2 is 1.70 bits per heavy atom. The molecule has 2 amide bonds. The second-order valence-corrected chi connectivity index (χ2v) is 6.10. The molecular weight excluding hydrogens is 372 g/mol. The van der Waals surface area contributed by atoms with Crippen LogP contribution in [0, 0.1) is 0 Å². The second-order valence-electron chi connectivity index (χ2n) is 5.67. The molecule has 0 aromatic heterocycles. The van der Waals surface area contributed by atoms with Crippen LogP contribution in [0.5, 0.6) is 0 Å². The van der Waals surface area contributed by atoms with E-state index in [9.17, 15) is 14.4 Å². The van der Waals surface area contributed by atoms with Gasteiger partial charge in [-0.15, -0.1) is 0 Å². The number of ether oxygens (including phenoxy) is 2. The average molecular weight is 391 g/mol. The third kappa shape index (κ3) is 7.37. The maximum absolute atomic E-state index is 12.2. The fourth-order valence-electron chi connectivity index (χ4n) is 2.24. The van der Waals surface area contributed by atoms with E-state index in [-0.39, 0.29) is 13.0 Å². The van der Waals surface area contributed by atoms with E-state index in [1.807, 2.05) is 18.2 Å². The fraction of sp³-hybridized carbons (Fsp3) is 0.211. The number of hydrogen-bond acceptors (Lipinski definition) is 5. The molecule has 0 bridgehead atoms. The van der Waals surface area contributed by atoms with Gasteiger partial charge in [0.1, 0.15) is 12.6 Å². The van der Waals surface area contributed by atoms with Gasteiger partial charge in [0.15, 0.2) is 6.61 Å². The highest BCUT2D eigenvalue weighted by Gasteiger charge is 2.24. The lowest BCUT2D eigenvalue weighted by Crippen LogP contribution is -2.44. The predicted octanol–water partition coefficient (Wildman–Crippen LogP) is 2.21. The van der Waals surface area contributed by atoms with E-state index >= 15 is 0 Å². The van der Waals surface area contributed by atoms with Crippen molar-refractivity contribution in [2.75, 3.05) is 6.61 Å². The number of hydrogen-bond donors (Lipinski definition) is 2. The number of carbonyl (C=O) groups excluding carboxylic acids is 3. The minimum absolute atomic E-state index is 0.0485. The smallest absolute Gasteiger partial charge is 0.408 e. The molecule has 0 saturated carbocycles. The van der Waals surface area contributed by atoms with Gasteiger partial charge < -0.3 is 20.5 Å². The number of esters is 1. The lowest BCUT2D eigenvalue weighted by atomic mass is 10.1. The van der Waals surface area contributed by atoms with Crippen molar-refractivity contribution in [1.82, 2.24) is 5.32 Å². The molecule has 1 atom stereocenters. The standard InChI is InChI=1S/C19H19ClN2O5/c20-15-8-4-7-14(9-15)10-16(18(24)26-12-17(21)23)22-19(25)27-11-13-5-2-1-3-6-13/h1-9,16H,10-12H2,(H2,21,23)(H,22,25)/t16-/m0/s1. The Kier molecular flexibility index (Phi) is 7.63. The van der Waals surface area contributed by atoms with E-state index in [0.29, 0.717) is 10.6 Å². The summed E-state index contributed by atoms with van der Waals surface area (Å²) >= 11 is 5.94. The van der Waals surface area contributed by atoms with E-state index in [4.69, 9.17) is 26.8 Å². The van der Waals surface area contributed by atoms with Gasteiger partial charge in [0, 0.05) is 11.4 Å². The molecule has 8 heteroatoms. The van der Waals surface area contributed by atoms with E-state index in [1.165, 1.54) is 0 Å². The molecule has 0 heterocycles. The second kappa shape index (κ2) is 10.2. The molecule has 0 unspecified atom stereocenters. The molecular formula is C19H19ClN2O5. The van der Waals surface area contributed by atoms with Crippen LogP contribution in [0.3, 0.4) is 0 Å². The first-order valence-corrected chi connectivity index (χ1v) is 8.48. The number of carbonyl (C=O) groups is 3. The molecule has 2 aromatic rings. The summed E-state index contributed by atoms with van der Waals surface area (Å²) in [7, 11) is 0. The van der Waals surface area contributed by atoms with Gasteiger partial charge in [-0.25, -0.2) is 9.59 Å². The van der Waals surface area contributed by atoms with Crippen LogP contribution < -0.4 is 11.1 Å². The molecule has 2 rings (SSSR count). The molecule has 0 radical (unpaired) electrons. The predicted molar refractivity (Wildman–Crippen MR) is 98.9 cm³/mol. The van der Waals surface area contributed by atoms with Gasteiger partial charge in [0.25, 0.3) is 5.91 Å². The highest BCUT2D eigenvalue weighted by Crippen LogP contribution is 2.13. The van der Waals surface area contributed by atoms with Crippen molar-refractivity contribution in [2.24, 2.45) is 5.73 Å². The number of nitrogens with one attached hydrogen (secondary N) is 1. The summed E-state index contributed by atoms with van der Waals surface area (Å²) in [5.74, 6) is -1.60. The number of primary amides is 1. The van der Waals surface area contributed by atoms with Crippen LogP contribution in [-0.2, 0) is 32.1 Å². The first-order valence-electron chi connectivity index (χ1n) is 8.10. The van der Waals surface area contributed by atoms with Crippen molar-refractivity contribution in [3.63, 3.8) is 0 Å². The van der Waals surface area contributed by atoms with Crippen molar-refractivity contribution < 1.29 is 23.9 Å². The maximum atomic E-state index is 12.2. The minimum atomic E-state index is -1.06. The summed E-state index contributed by atoms with van der Waals surface area (Å²) in [6, 6.07) is 14.8. The molecule has 0 fully saturated rings. The van der Waals surface area contributed by atoms with Crippen molar-refractivity contribution in [1.29, 1.82) is 0 Å². The lowest BCUT2D eigenvalue weighted by Gasteiger charge is -2.17. The highest BCUT2D eigenvalue weighted by molar-refractivity contribution is 6.30. The third-order valence-corrected chi connectivity index (χ3v) is 3.71. The van der Waals surface area contributed by atoms with Crippen LogP contribution in [0.1, 0.15) is 11.1 Å². The fourth-order valence-corrected chi connectivity index (χ4v) is 2.46. The number of amides is 2. The Morgan fingerprint density at radius 1 is 1.00 bits per heavy atom. The molecule has 3 N–H and O–H groups in total. The Bertz CT molecular complexity index is 798. The molecule has 27 heavy (non-hydrogen) atoms. The Labute approximate surface area is 161 Å². The SMILES string of the molecule is NC(=O)COC(=O)[C@H](Cc1cccc(Cl)c1)NC(=O)OCc1ccccc1. The van der Waals surface area contributed by atoms with Crippen molar-refractivity contribution in [3.05, 3.63) is 70.7 Å². The summed E-state index contributed by atoms with van der Waals surface area (Å²) in [6.45, 7) is -0.529. The maximum Gasteiger partial charge on any atom is 0.408 e. The topological polar surface area (TPSA) is 108 Å². The van der Waals surface area contributed by atoms with E-state index in [2.05, 4.69) is 5.32 Å². The zero-order valence-corrected chi connectivity index (χ0v) is 15.1. The van der Waals surface area contributed by atoms with Crippen molar-refractivity contribution in [2.45, 2.75) is 19.1 Å². The first kappa shape index (κ1) is 20.3. The van der Waals surface area contributed by atoms with Gasteiger partial charge in [0.2, 0.25) is 0 Å². The van der Waals surface area contributed by atoms with Crippen molar-refractivity contribution in [3.8, 4) is 0 Å². The van der Waals surface area contributed by atoms with Crippen molar-refractivity contribution >= 4 is 29.6 Å². The minimum Gasteiger partial charge on any atom is -0.454 e. The Balaban J connectivity index is 2.00. The van der Waals surface area contributed by atoms with Gasteiger partial charge in [-0.05, 0) is 23.3 Å². The summed E-state index contributed by atoms with van der Waals surface area (Å²) in [6.07, 6.45) is -0.680. The van der Waals surface area contributed by atoms with E-state index in [0.717, 1.165) is 5.56 Å².